The Balaban J connectivity index is 1.68. The minimum Gasteiger partial charge on any atom is -0.463 e. The highest BCUT2D eigenvalue weighted by atomic mass is 35.5. The third-order valence-corrected chi connectivity index (χ3v) is 7.99. The van der Waals surface area contributed by atoms with Crippen molar-refractivity contribution in [3.63, 3.8) is 0 Å². The zero-order chi connectivity index (χ0) is 27.1. The van der Waals surface area contributed by atoms with Crippen LogP contribution in [0.5, 0.6) is 0 Å². The molecule has 0 fully saturated rings. The van der Waals surface area contributed by atoms with Gasteiger partial charge in [-0.1, -0.05) is 52.8 Å². The van der Waals surface area contributed by atoms with Crippen LogP contribution in [0.15, 0.2) is 75.7 Å². The molecule has 4 aromatic rings. The largest absolute Gasteiger partial charge is 0.463 e. The van der Waals surface area contributed by atoms with Gasteiger partial charge < -0.3 is 9.30 Å². The molecule has 1 aliphatic rings. The Labute approximate surface area is 229 Å². The van der Waals surface area contributed by atoms with Gasteiger partial charge in [0.05, 0.1) is 28.5 Å². The van der Waals surface area contributed by atoms with Crippen molar-refractivity contribution in [2.45, 2.75) is 40.7 Å². The van der Waals surface area contributed by atoms with Gasteiger partial charge in [0.1, 0.15) is 0 Å². The number of carbonyl (C=O) groups excluding carboxylic acids is 1. The van der Waals surface area contributed by atoms with Gasteiger partial charge in [0.15, 0.2) is 4.80 Å². The molecule has 0 radical (unpaired) electrons. The second-order valence-corrected chi connectivity index (χ2v) is 10.8. The molecule has 0 bridgehead atoms. The van der Waals surface area contributed by atoms with Crippen LogP contribution in [0, 0.1) is 20.8 Å². The lowest BCUT2D eigenvalue weighted by Crippen LogP contribution is -2.39. The number of halogens is 1. The topological polar surface area (TPSA) is 65.6 Å². The van der Waals surface area contributed by atoms with E-state index in [9.17, 15) is 9.59 Å². The molecule has 0 saturated carbocycles. The molecule has 0 amide bonds. The van der Waals surface area contributed by atoms with E-state index < -0.39 is 12.0 Å². The van der Waals surface area contributed by atoms with Gasteiger partial charge in [0.25, 0.3) is 5.56 Å². The second kappa shape index (κ2) is 10.2. The third kappa shape index (κ3) is 4.57. The second-order valence-electron chi connectivity index (χ2n) is 9.35. The van der Waals surface area contributed by atoms with Crippen LogP contribution >= 0.6 is 22.9 Å². The number of rotatable bonds is 5. The Bertz CT molecular complexity index is 1760. The van der Waals surface area contributed by atoms with E-state index in [-0.39, 0.29) is 12.2 Å². The number of ether oxygens (including phenoxy) is 1. The summed E-state index contributed by atoms with van der Waals surface area (Å²) in [5.74, 6) is -0.458. The fourth-order valence-corrected chi connectivity index (χ4v) is 6.08. The van der Waals surface area contributed by atoms with Crippen LogP contribution in [0.1, 0.15) is 48.0 Å². The standard InChI is InChI=1S/C30H28ClN3O3S/c1-6-37-29(36)26-19(4)32-30-34(27(26)21-9-7-17(2)8-10-21)28(35)25(38-30)16-22-15-18(3)33(20(22)5)24-13-11-23(31)12-14-24/h7-16,27H,6H2,1-5H3/b25-16-/t27-/m0/s1. The molecule has 0 N–H and O–H groups in total. The van der Waals surface area contributed by atoms with Gasteiger partial charge in [0, 0.05) is 22.1 Å². The number of fused-ring (bicyclic) bond motifs is 1. The molecule has 38 heavy (non-hydrogen) atoms. The predicted octanol–water partition coefficient (Wildman–Crippen LogP) is 5.17. The summed E-state index contributed by atoms with van der Waals surface area (Å²) < 4.78 is 9.69. The summed E-state index contributed by atoms with van der Waals surface area (Å²) in [7, 11) is 0. The zero-order valence-electron chi connectivity index (χ0n) is 21.9. The first-order chi connectivity index (χ1) is 18.2. The van der Waals surface area contributed by atoms with Gasteiger partial charge in [0.2, 0.25) is 0 Å². The summed E-state index contributed by atoms with van der Waals surface area (Å²) in [6.45, 7) is 9.87. The predicted molar refractivity (Wildman–Crippen MR) is 152 cm³/mol. The van der Waals surface area contributed by atoms with Crippen LogP contribution in [0.2, 0.25) is 5.02 Å². The molecular weight excluding hydrogens is 518 g/mol. The Morgan fingerprint density at radius 3 is 2.42 bits per heavy atom. The van der Waals surface area contributed by atoms with Crippen LogP contribution < -0.4 is 14.9 Å². The van der Waals surface area contributed by atoms with E-state index in [0.29, 0.717) is 25.6 Å². The SMILES string of the molecule is CCOC(=O)C1=C(C)N=c2s/c(=C\c3cc(C)n(-c4ccc(Cl)cc4)c3C)c(=O)n2[C@H]1c1ccc(C)cc1. The maximum absolute atomic E-state index is 13.9. The molecule has 0 unspecified atom stereocenters. The summed E-state index contributed by atoms with van der Waals surface area (Å²) in [5, 5.41) is 0.679. The average Bonchev–Trinajstić information content (AvgIpc) is 3.34. The first-order valence-corrected chi connectivity index (χ1v) is 13.6. The van der Waals surface area contributed by atoms with Crippen molar-refractivity contribution in [2.75, 3.05) is 6.61 Å². The number of allylic oxidation sites excluding steroid dienone is 1. The van der Waals surface area contributed by atoms with Crippen LogP contribution in [-0.2, 0) is 9.53 Å². The minimum atomic E-state index is -0.616. The molecule has 3 heterocycles. The number of benzene rings is 2. The van der Waals surface area contributed by atoms with Crippen molar-refractivity contribution in [3.05, 3.63) is 119 Å². The Hall–Kier alpha value is -3.68. The van der Waals surface area contributed by atoms with Crippen molar-refractivity contribution in [1.29, 1.82) is 0 Å². The van der Waals surface area contributed by atoms with E-state index in [4.69, 9.17) is 16.3 Å². The molecular formula is C30H28ClN3O3S. The molecule has 0 saturated heterocycles. The number of carbonyl (C=O) groups is 1. The van der Waals surface area contributed by atoms with Crippen molar-refractivity contribution in [3.8, 4) is 5.69 Å². The number of hydrogen-bond donors (Lipinski definition) is 0. The van der Waals surface area contributed by atoms with Gasteiger partial charge in [-0.05, 0) is 82.2 Å². The Morgan fingerprint density at radius 1 is 1.08 bits per heavy atom. The van der Waals surface area contributed by atoms with E-state index in [1.807, 2.05) is 75.4 Å². The number of nitrogens with zero attached hydrogens (tertiary/aromatic N) is 3. The molecule has 194 valence electrons. The molecule has 5 rings (SSSR count). The molecule has 1 aliphatic heterocycles. The first-order valence-electron chi connectivity index (χ1n) is 12.4. The number of esters is 1. The van der Waals surface area contributed by atoms with Gasteiger partial charge in [-0.25, -0.2) is 9.79 Å². The Kier molecular flexibility index (Phi) is 6.99. The maximum atomic E-state index is 13.9. The van der Waals surface area contributed by atoms with E-state index in [1.54, 1.807) is 18.4 Å². The highest BCUT2D eigenvalue weighted by Crippen LogP contribution is 2.31. The maximum Gasteiger partial charge on any atom is 0.338 e. The van der Waals surface area contributed by atoms with Crippen LogP contribution in [-0.4, -0.2) is 21.7 Å². The van der Waals surface area contributed by atoms with Gasteiger partial charge in [-0.15, -0.1) is 0 Å². The summed E-state index contributed by atoms with van der Waals surface area (Å²) in [4.78, 5) is 32.2. The lowest BCUT2D eigenvalue weighted by molar-refractivity contribution is -0.139. The number of hydrogen-bond acceptors (Lipinski definition) is 5. The highest BCUT2D eigenvalue weighted by molar-refractivity contribution is 7.07. The van der Waals surface area contributed by atoms with Gasteiger partial charge >= 0.3 is 5.97 Å². The van der Waals surface area contributed by atoms with Crippen LogP contribution in [0.25, 0.3) is 11.8 Å². The van der Waals surface area contributed by atoms with Crippen LogP contribution in [0.4, 0.5) is 0 Å². The van der Waals surface area contributed by atoms with Gasteiger partial charge in [-0.3, -0.25) is 9.36 Å². The molecule has 1 atom stereocenters. The van der Waals surface area contributed by atoms with E-state index in [2.05, 4.69) is 15.6 Å². The lowest BCUT2D eigenvalue weighted by Gasteiger charge is -2.24. The number of aryl methyl sites for hydroxylation is 2. The Morgan fingerprint density at radius 2 is 1.76 bits per heavy atom. The van der Waals surface area contributed by atoms with Crippen molar-refractivity contribution in [2.24, 2.45) is 4.99 Å². The summed E-state index contributed by atoms with van der Waals surface area (Å²) in [5.41, 5.74) is 6.67. The molecule has 6 nitrogen and oxygen atoms in total. The normalized spacial score (nSPS) is 15.4. The van der Waals surface area contributed by atoms with Crippen molar-refractivity contribution in [1.82, 2.24) is 9.13 Å². The van der Waals surface area contributed by atoms with Crippen molar-refractivity contribution < 1.29 is 9.53 Å². The molecule has 8 heteroatoms. The van der Waals surface area contributed by atoms with E-state index in [0.717, 1.165) is 33.8 Å². The average molecular weight is 546 g/mol. The molecule has 2 aromatic heterocycles. The number of aromatic nitrogens is 2. The number of thiazole rings is 1. The first kappa shape index (κ1) is 25.9. The van der Waals surface area contributed by atoms with Crippen LogP contribution in [0.3, 0.4) is 0 Å². The summed E-state index contributed by atoms with van der Waals surface area (Å²) in [6, 6.07) is 17.0. The van der Waals surface area contributed by atoms with Gasteiger partial charge in [-0.2, -0.15) is 0 Å². The molecule has 0 aliphatic carbocycles. The monoisotopic (exact) mass is 545 g/mol. The highest BCUT2D eigenvalue weighted by Gasteiger charge is 2.33. The van der Waals surface area contributed by atoms with E-state index in [1.165, 1.54) is 11.3 Å². The fourth-order valence-electron chi connectivity index (χ4n) is 4.92. The smallest absolute Gasteiger partial charge is 0.338 e. The lowest BCUT2D eigenvalue weighted by atomic mass is 9.95. The minimum absolute atomic E-state index is 0.190. The summed E-state index contributed by atoms with van der Waals surface area (Å²) in [6.07, 6.45) is 1.91. The quantitative estimate of drug-likeness (QED) is 0.325. The summed E-state index contributed by atoms with van der Waals surface area (Å²) >= 11 is 7.41. The fraction of sp³-hybridized carbons (Fsp3) is 0.233. The molecule has 0 spiro atoms. The van der Waals surface area contributed by atoms with E-state index >= 15 is 0 Å². The molecule has 2 aromatic carbocycles. The third-order valence-electron chi connectivity index (χ3n) is 6.75. The zero-order valence-corrected chi connectivity index (χ0v) is 23.5. The van der Waals surface area contributed by atoms with Crippen molar-refractivity contribution >= 4 is 35.0 Å².